The minimum Gasteiger partial charge on any atom is -0.493 e. The summed E-state index contributed by atoms with van der Waals surface area (Å²) in [4.78, 5) is 4.05. The largest absolute Gasteiger partial charge is 0.493 e. The van der Waals surface area contributed by atoms with Crippen molar-refractivity contribution in [2.45, 2.75) is 31.7 Å². The van der Waals surface area contributed by atoms with Crippen molar-refractivity contribution in [3.05, 3.63) is 120 Å². The van der Waals surface area contributed by atoms with Gasteiger partial charge in [-0.2, -0.15) is 0 Å². The number of rotatable bonds is 4. The number of benzene rings is 5. The molecule has 4 N–H and O–H groups in total. The molecular weight excluding hydrogens is 506 g/mol. The molecule has 1 atom stereocenters. The van der Waals surface area contributed by atoms with Crippen molar-refractivity contribution in [3.63, 3.8) is 0 Å². The van der Waals surface area contributed by atoms with E-state index in [-0.39, 0.29) is 0 Å². The fourth-order valence-corrected chi connectivity index (χ4v) is 6.12. The van der Waals surface area contributed by atoms with Gasteiger partial charge in [0.15, 0.2) is 11.5 Å². The second-order valence-electron chi connectivity index (χ2n) is 10.6. The van der Waals surface area contributed by atoms with Crippen LogP contribution in [0.5, 0.6) is 11.5 Å². The lowest BCUT2D eigenvalue weighted by Crippen LogP contribution is -2.14. The predicted molar refractivity (Wildman–Crippen MR) is 170 cm³/mol. The van der Waals surface area contributed by atoms with Gasteiger partial charge in [-0.1, -0.05) is 60.7 Å². The van der Waals surface area contributed by atoms with Crippen molar-refractivity contribution in [1.29, 1.82) is 0 Å². The van der Waals surface area contributed by atoms with Crippen LogP contribution in [0.25, 0.3) is 32.3 Å². The van der Waals surface area contributed by atoms with Gasteiger partial charge in [0.2, 0.25) is 0 Å². The molecule has 0 spiro atoms. The first kappa shape index (κ1) is 26.6. The highest BCUT2D eigenvalue weighted by atomic mass is 16.5. The summed E-state index contributed by atoms with van der Waals surface area (Å²) in [6.07, 6.45) is 6.95. The normalized spacial score (nSPS) is 14.4. The Labute approximate surface area is 240 Å². The van der Waals surface area contributed by atoms with Gasteiger partial charge in [0.1, 0.15) is 0 Å². The highest BCUT2D eigenvalue weighted by Crippen LogP contribution is 2.38. The lowest BCUT2D eigenvalue weighted by atomic mass is 9.78. The van der Waals surface area contributed by atoms with Gasteiger partial charge in [0.05, 0.1) is 14.2 Å². The smallest absolute Gasteiger partial charge is 0.161 e. The van der Waals surface area contributed by atoms with Crippen LogP contribution >= 0.6 is 0 Å². The van der Waals surface area contributed by atoms with Crippen molar-refractivity contribution in [1.82, 2.24) is 4.98 Å². The number of methoxy groups -OCH3 is 2. The van der Waals surface area contributed by atoms with Gasteiger partial charge >= 0.3 is 0 Å². The molecule has 5 aromatic carbocycles. The van der Waals surface area contributed by atoms with E-state index in [2.05, 4.69) is 65.6 Å². The number of hydrogen-bond donors (Lipinski definition) is 2. The third-order valence-corrected chi connectivity index (χ3v) is 8.35. The zero-order valence-corrected chi connectivity index (χ0v) is 23.6. The number of nitrogen functional groups attached to an aromatic ring is 1. The Morgan fingerprint density at radius 1 is 0.780 bits per heavy atom. The summed E-state index contributed by atoms with van der Waals surface area (Å²) in [6.45, 7) is 0.501. The van der Waals surface area contributed by atoms with Crippen LogP contribution in [-0.4, -0.2) is 19.2 Å². The molecule has 0 aliphatic heterocycles. The van der Waals surface area contributed by atoms with E-state index >= 15 is 0 Å². The van der Waals surface area contributed by atoms with Crippen molar-refractivity contribution in [3.8, 4) is 11.5 Å². The van der Waals surface area contributed by atoms with E-state index in [4.69, 9.17) is 20.9 Å². The van der Waals surface area contributed by atoms with Crippen LogP contribution in [0.1, 0.15) is 34.6 Å². The van der Waals surface area contributed by atoms with E-state index in [0.29, 0.717) is 12.5 Å². The molecule has 1 aliphatic rings. The summed E-state index contributed by atoms with van der Waals surface area (Å²) in [5, 5.41) is 7.61. The lowest BCUT2D eigenvalue weighted by molar-refractivity contribution is 0.356. The third-order valence-electron chi connectivity index (χ3n) is 8.35. The quantitative estimate of drug-likeness (QED) is 0.178. The third kappa shape index (κ3) is 5.17. The van der Waals surface area contributed by atoms with E-state index in [1.165, 1.54) is 44.7 Å². The van der Waals surface area contributed by atoms with Crippen molar-refractivity contribution in [2.75, 3.05) is 20.0 Å². The molecule has 0 saturated heterocycles. The van der Waals surface area contributed by atoms with Crippen molar-refractivity contribution in [2.24, 2.45) is 5.73 Å². The van der Waals surface area contributed by atoms with Gasteiger partial charge in [-0.05, 0) is 98.6 Å². The number of anilines is 1. The number of aryl methyl sites for hydroxylation is 1. The molecule has 41 heavy (non-hydrogen) atoms. The van der Waals surface area contributed by atoms with Crippen LogP contribution in [0.2, 0.25) is 0 Å². The Bertz CT molecular complexity index is 1820. The Balaban J connectivity index is 0.000000182. The number of ether oxygens (including phenoxy) is 2. The maximum absolute atomic E-state index is 6.03. The molecule has 0 bridgehead atoms. The summed E-state index contributed by atoms with van der Waals surface area (Å²) in [5.74, 6) is 2.01. The van der Waals surface area contributed by atoms with Crippen molar-refractivity contribution >= 4 is 38.0 Å². The van der Waals surface area contributed by atoms with Gasteiger partial charge < -0.3 is 20.9 Å². The van der Waals surface area contributed by atoms with Gasteiger partial charge in [0, 0.05) is 30.0 Å². The molecule has 1 unspecified atom stereocenters. The van der Waals surface area contributed by atoms with Crippen LogP contribution in [0, 0.1) is 0 Å². The first-order valence-corrected chi connectivity index (χ1v) is 14.1. The molecule has 5 heteroatoms. The molecule has 0 amide bonds. The fraction of sp³-hybridized carbons (Fsp3) is 0.194. The van der Waals surface area contributed by atoms with Gasteiger partial charge in [-0.25, -0.2) is 0 Å². The number of nitrogens with zero attached hydrogens (tertiary/aromatic N) is 1. The molecule has 5 nitrogen and oxygen atoms in total. The number of nitrogens with two attached hydrogens (primary N) is 2. The van der Waals surface area contributed by atoms with Gasteiger partial charge in [-0.3, -0.25) is 4.98 Å². The summed E-state index contributed by atoms with van der Waals surface area (Å²) in [5.41, 5.74) is 18.1. The van der Waals surface area contributed by atoms with E-state index in [0.717, 1.165) is 46.4 Å². The average molecular weight is 542 g/mol. The summed E-state index contributed by atoms with van der Waals surface area (Å²) < 4.78 is 10.4. The molecule has 0 fully saturated rings. The first-order chi connectivity index (χ1) is 20.1. The minimum atomic E-state index is 0.501. The predicted octanol–water partition coefficient (Wildman–Crippen LogP) is 7.56. The van der Waals surface area contributed by atoms with Crippen molar-refractivity contribution < 1.29 is 9.47 Å². The average Bonchev–Trinajstić information content (AvgIpc) is 3.04. The second-order valence-corrected chi connectivity index (χ2v) is 10.6. The monoisotopic (exact) mass is 541 g/mol. The molecule has 0 saturated carbocycles. The maximum atomic E-state index is 6.03. The Kier molecular flexibility index (Phi) is 7.45. The highest BCUT2D eigenvalue weighted by Gasteiger charge is 2.22. The summed E-state index contributed by atoms with van der Waals surface area (Å²) in [6, 6.07) is 30.1. The van der Waals surface area contributed by atoms with E-state index in [1.807, 2.05) is 24.3 Å². The molecule has 206 valence electrons. The van der Waals surface area contributed by atoms with Crippen LogP contribution in [0.4, 0.5) is 5.69 Å². The Morgan fingerprint density at radius 3 is 2.37 bits per heavy atom. The molecule has 1 aromatic heterocycles. The van der Waals surface area contributed by atoms with Gasteiger partial charge in [-0.15, -0.1) is 0 Å². The molecular formula is C36H35N3O2. The fourth-order valence-electron chi connectivity index (χ4n) is 6.12. The topological polar surface area (TPSA) is 83.4 Å². The van der Waals surface area contributed by atoms with Gasteiger partial charge in [0.25, 0.3) is 0 Å². The Hall–Kier alpha value is -4.61. The number of pyridine rings is 1. The lowest BCUT2D eigenvalue weighted by Gasteiger charge is -2.27. The minimum absolute atomic E-state index is 0.501. The van der Waals surface area contributed by atoms with Crippen LogP contribution in [0.3, 0.4) is 0 Å². The highest BCUT2D eigenvalue weighted by molar-refractivity contribution is 6.08. The molecule has 1 heterocycles. The summed E-state index contributed by atoms with van der Waals surface area (Å²) >= 11 is 0. The number of fused-ring (bicyclic) bond motifs is 6. The number of hydrogen-bond acceptors (Lipinski definition) is 5. The molecule has 0 radical (unpaired) electrons. The Morgan fingerprint density at radius 2 is 1.56 bits per heavy atom. The maximum Gasteiger partial charge on any atom is 0.161 e. The molecule has 1 aliphatic carbocycles. The number of aromatic nitrogens is 1. The first-order valence-electron chi connectivity index (χ1n) is 14.1. The molecule has 6 aromatic rings. The molecule has 7 rings (SSSR count). The zero-order chi connectivity index (χ0) is 28.3. The zero-order valence-electron chi connectivity index (χ0n) is 23.6. The van der Waals surface area contributed by atoms with E-state index in [1.54, 1.807) is 26.6 Å². The standard InChI is InChI=1S/C25H24N2.C11H11NO2/c26-15-20-14-18(8-12-25(20)27)17-6-9-22-19(13-17)7-11-23-21-4-2-1-3-16(21)5-10-24(22)23;1-13-10-5-8-3-4-12-7-9(8)6-11(10)14-2/h1-5,7-8,10-12,14,17H,6,9,13,15,26-27H2;3-7H,1-2H3. The van der Waals surface area contributed by atoms with E-state index < -0.39 is 0 Å². The van der Waals surface area contributed by atoms with E-state index in [9.17, 15) is 0 Å². The van der Waals surface area contributed by atoms with Crippen LogP contribution in [0.15, 0.2) is 97.3 Å². The SMILES string of the molecule is COc1cc2ccncc2cc1OC.NCc1cc(C2CCc3c(ccc4c3ccc3ccccc34)C2)ccc1N. The van der Waals surface area contributed by atoms with Crippen LogP contribution < -0.4 is 20.9 Å². The summed E-state index contributed by atoms with van der Waals surface area (Å²) in [7, 11) is 3.25. The van der Waals surface area contributed by atoms with Crippen LogP contribution in [-0.2, 0) is 19.4 Å². The second kappa shape index (κ2) is 11.5.